The molecule has 0 saturated heterocycles. The number of hydrogen-bond donors (Lipinski definition) is 0. The van der Waals surface area contributed by atoms with Crippen molar-refractivity contribution in [3.63, 3.8) is 0 Å². The van der Waals surface area contributed by atoms with Gasteiger partial charge >= 0.3 is 5.97 Å². The first-order valence-corrected chi connectivity index (χ1v) is 9.51. The lowest BCUT2D eigenvalue weighted by molar-refractivity contribution is 0.0457. The molecule has 0 spiro atoms. The number of ether oxygens (including phenoxy) is 1. The van der Waals surface area contributed by atoms with Gasteiger partial charge < -0.3 is 4.74 Å². The van der Waals surface area contributed by atoms with Crippen molar-refractivity contribution in [3.05, 3.63) is 69.2 Å². The maximum absolute atomic E-state index is 12.6. The number of thioether (sulfide) groups is 1. The van der Waals surface area contributed by atoms with Gasteiger partial charge in [-0.3, -0.25) is 9.36 Å². The molecule has 3 rings (SSSR count). The van der Waals surface area contributed by atoms with Crippen LogP contribution in [0.4, 0.5) is 0 Å². The van der Waals surface area contributed by atoms with E-state index in [9.17, 15) is 9.59 Å². The highest BCUT2D eigenvalue weighted by Gasteiger charge is 2.16. The Hall–Kier alpha value is -2.82. The van der Waals surface area contributed by atoms with Crippen molar-refractivity contribution in [3.8, 4) is 6.07 Å². The Kier molecular flexibility index (Phi) is 5.79. The van der Waals surface area contributed by atoms with Gasteiger partial charge in [0.15, 0.2) is 5.82 Å². The summed E-state index contributed by atoms with van der Waals surface area (Å²) in [7, 11) is 0. The van der Waals surface area contributed by atoms with E-state index in [0.29, 0.717) is 10.9 Å². The molecule has 1 heterocycles. The summed E-state index contributed by atoms with van der Waals surface area (Å²) >= 11 is 7.57. The number of aromatic nitrogens is 2. The van der Waals surface area contributed by atoms with E-state index in [4.69, 9.17) is 21.6 Å². The summed E-state index contributed by atoms with van der Waals surface area (Å²) in [6.07, 6.45) is 1.89. The number of carbonyl (C=O) groups is 1. The van der Waals surface area contributed by atoms with Crippen LogP contribution in [0.15, 0.2) is 52.2 Å². The largest absolute Gasteiger partial charge is 0.454 e. The standard InChI is InChI=1S/C19H14ClN3O3S/c1-27-12-6-7-15(20)14(10-12)19(25)26-11-17-22-16-5-3-2-4-13(16)18(24)23(17)9-8-21/h2-7,10H,9,11H2,1H3. The fourth-order valence-corrected chi connectivity index (χ4v) is 3.19. The van der Waals surface area contributed by atoms with Gasteiger partial charge in [0.05, 0.1) is 27.6 Å². The Morgan fingerprint density at radius 2 is 2.11 bits per heavy atom. The fraction of sp³-hybridized carbons (Fsp3) is 0.158. The van der Waals surface area contributed by atoms with Crippen LogP contribution in [-0.2, 0) is 17.9 Å². The van der Waals surface area contributed by atoms with Gasteiger partial charge in [0.2, 0.25) is 0 Å². The van der Waals surface area contributed by atoms with Crippen LogP contribution in [0.3, 0.4) is 0 Å². The Bertz CT molecular complexity index is 1120. The smallest absolute Gasteiger partial charge is 0.340 e. The summed E-state index contributed by atoms with van der Waals surface area (Å²) in [5.41, 5.74) is 0.360. The molecule has 6 nitrogen and oxygen atoms in total. The molecule has 0 fully saturated rings. The first-order chi connectivity index (χ1) is 13.0. The van der Waals surface area contributed by atoms with Crippen LogP contribution in [0.1, 0.15) is 16.2 Å². The number of nitriles is 1. The second-order valence-corrected chi connectivity index (χ2v) is 6.80. The number of halogens is 1. The molecule has 0 aliphatic heterocycles. The van der Waals surface area contributed by atoms with Crippen molar-refractivity contribution in [1.29, 1.82) is 5.26 Å². The van der Waals surface area contributed by atoms with Gasteiger partial charge in [-0.15, -0.1) is 11.8 Å². The molecule has 0 radical (unpaired) electrons. The minimum absolute atomic E-state index is 0.188. The van der Waals surface area contributed by atoms with Crippen molar-refractivity contribution in [1.82, 2.24) is 9.55 Å². The Morgan fingerprint density at radius 1 is 1.33 bits per heavy atom. The van der Waals surface area contributed by atoms with Crippen molar-refractivity contribution < 1.29 is 9.53 Å². The quantitative estimate of drug-likeness (QED) is 0.481. The van der Waals surface area contributed by atoms with E-state index in [1.54, 1.807) is 42.5 Å². The van der Waals surface area contributed by atoms with E-state index in [-0.39, 0.29) is 35.1 Å². The zero-order chi connectivity index (χ0) is 19.4. The Balaban J connectivity index is 1.93. The highest BCUT2D eigenvalue weighted by molar-refractivity contribution is 7.98. The fourth-order valence-electron chi connectivity index (χ4n) is 2.55. The van der Waals surface area contributed by atoms with Crippen molar-refractivity contribution in [2.24, 2.45) is 0 Å². The van der Waals surface area contributed by atoms with E-state index >= 15 is 0 Å². The third-order valence-corrected chi connectivity index (χ3v) is 4.95. The molecule has 0 amide bonds. The minimum atomic E-state index is -0.623. The Morgan fingerprint density at radius 3 is 2.85 bits per heavy atom. The van der Waals surface area contributed by atoms with Gasteiger partial charge in [-0.2, -0.15) is 5.26 Å². The Labute approximate surface area is 164 Å². The monoisotopic (exact) mass is 399 g/mol. The molecule has 0 unspecified atom stereocenters. The van der Waals surface area contributed by atoms with Crippen LogP contribution in [-0.4, -0.2) is 21.8 Å². The second-order valence-electron chi connectivity index (χ2n) is 5.52. The highest BCUT2D eigenvalue weighted by atomic mass is 35.5. The topological polar surface area (TPSA) is 85.0 Å². The molecule has 0 saturated carbocycles. The van der Waals surface area contributed by atoms with E-state index in [1.807, 2.05) is 12.3 Å². The van der Waals surface area contributed by atoms with Crippen LogP contribution < -0.4 is 5.56 Å². The lowest BCUT2D eigenvalue weighted by Crippen LogP contribution is -2.26. The lowest BCUT2D eigenvalue weighted by atomic mass is 10.2. The first-order valence-electron chi connectivity index (χ1n) is 7.91. The average Bonchev–Trinajstić information content (AvgIpc) is 2.69. The number of esters is 1. The van der Waals surface area contributed by atoms with Gasteiger partial charge in [-0.25, -0.2) is 9.78 Å². The number of rotatable bonds is 5. The molecule has 0 aliphatic carbocycles. The summed E-state index contributed by atoms with van der Waals surface area (Å²) in [5, 5.41) is 9.70. The molecule has 0 atom stereocenters. The third kappa shape index (κ3) is 3.97. The van der Waals surface area contributed by atoms with Gasteiger partial charge in [-0.1, -0.05) is 23.7 Å². The molecular formula is C19H14ClN3O3S. The molecule has 0 aliphatic rings. The van der Waals surface area contributed by atoms with Crippen LogP contribution in [0.2, 0.25) is 5.02 Å². The average molecular weight is 400 g/mol. The molecule has 0 bridgehead atoms. The van der Waals surface area contributed by atoms with E-state index in [0.717, 1.165) is 4.90 Å². The molecule has 8 heteroatoms. The molecule has 1 aromatic heterocycles. The van der Waals surface area contributed by atoms with E-state index < -0.39 is 5.97 Å². The first kappa shape index (κ1) is 19.0. The number of carbonyl (C=O) groups excluding carboxylic acids is 1. The molecule has 2 aromatic carbocycles. The predicted octanol–water partition coefficient (Wildman–Crippen LogP) is 3.65. The molecule has 27 heavy (non-hydrogen) atoms. The highest BCUT2D eigenvalue weighted by Crippen LogP contribution is 2.24. The number of para-hydroxylation sites is 1. The van der Waals surface area contributed by atoms with Crippen LogP contribution in [0, 0.1) is 11.3 Å². The molecule has 3 aromatic rings. The summed E-state index contributed by atoms with van der Waals surface area (Å²) < 4.78 is 6.53. The van der Waals surface area contributed by atoms with Crippen LogP contribution in [0.25, 0.3) is 10.9 Å². The van der Waals surface area contributed by atoms with Crippen molar-refractivity contribution >= 4 is 40.2 Å². The third-order valence-electron chi connectivity index (χ3n) is 3.90. The zero-order valence-electron chi connectivity index (χ0n) is 14.3. The zero-order valence-corrected chi connectivity index (χ0v) is 15.9. The van der Waals surface area contributed by atoms with Crippen LogP contribution >= 0.6 is 23.4 Å². The number of nitrogens with zero attached hydrogens (tertiary/aromatic N) is 3. The molecule has 0 N–H and O–H groups in total. The molecular weight excluding hydrogens is 386 g/mol. The normalized spacial score (nSPS) is 10.6. The van der Waals surface area contributed by atoms with E-state index in [1.165, 1.54) is 16.3 Å². The summed E-state index contributed by atoms with van der Waals surface area (Å²) in [4.78, 5) is 30.3. The van der Waals surface area contributed by atoms with E-state index in [2.05, 4.69) is 4.98 Å². The summed E-state index contributed by atoms with van der Waals surface area (Å²) in [6.45, 7) is -0.438. The van der Waals surface area contributed by atoms with Gasteiger partial charge in [0.25, 0.3) is 5.56 Å². The summed E-state index contributed by atoms with van der Waals surface area (Å²) in [5.74, 6) is -0.424. The van der Waals surface area contributed by atoms with Gasteiger partial charge in [0, 0.05) is 4.90 Å². The van der Waals surface area contributed by atoms with Gasteiger partial charge in [0.1, 0.15) is 13.2 Å². The maximum Gasteiger partial charge on any atom is 0.340 e. The molecule has 136 valence electrons. The van der Waals surface area contributed by atoms with Crippen LogP contribution in [0.5, 0.6) is 0 Å². The number of fused-ring (bicyclic) bond motifs is 1. The minimum Gasteiger partial charge on any atom is -0.454 e. The number of benzene rings is 2. The maximum atomic E-state index is 12.6. The number of hydrogen-bond acceptors (Lipinski definition) is 6. The summed E-state index contributed by atoms with van der Waals surface area (Å²) in [6, 6.07) is 13.8. The van der Waals surface area contributed by atoms with Crippen molar-refractivity contribution in [2.75, 3.05) is 6.26 Å². The van der Waals surface area contributed by atoms with Crippen molar-refractivity contribution in [2.45, 2.75) is 18.0 Å². The SMILES string of the molecule is CSc1ccc(Cl)c(C(=O)OCc2nc3ccccc3c(=O)n2CC#N)c1. The second kappa shape index (κ2) is 8.25. The lowest BCUT2D eigenvalue weighted by Gasteiger charge is -2.12. The van der Waals surface area contributed by atoms with Gasteiger partial charge in [-0.05, 0) is 36.6 Å². The predicted molar refractivity (Wildman–Crippen MR) is 104 cm³/mol.